The van der Waals surface area contributed by atoms with Gasteiger partial charge in [-0.3, -0.25) is 15.0 Å². The summed E-state index contributed by atoms with van der Waals surface area (Å²) in [4.78, 5) is 16.7. The summed E-state index contributed by atoms with van der Waals surface area (Å²) in [6.07, 6.45) is 3.51. The number of halogens is 1. The number of benzene rings is 2. The SMILES string of the molecule is C=C(/N=C(\C=C/C)c1[nH][nH]c(=O)c1-c1ccc(F)cc1)Oc1ccccc1. The Bertz CT molecular complexity index is 1050. The molecule has 0 aliphatic rings. The molecule has 3 aromatic rings. The number of aromatic nitrogens is 2. The standard InChI is InChI=1S/C21H18FN3O2/c1-3-7-18(23-14(2)27-17-8-5-4-6-9-17)20-19(21(26)25-24-20)15-10-12-16(22)13-11-15/h3-13H,2H2,1H3,(H2,24,25,26)/b7-3-,23-18+. The Morgan fingerprint density at radius 3 is 2.48 bits per heavy atom. The zero-order chi connectivity index (χ0) is 19.2. The minimum atomic E-state index is -0.376. The highest BCUT2D eigenvalue weighted by Crippen LogP contribution is 2.21. The predicted octanol–water partition coefficient (Wildman–Crippen LogP) is 4.42. The van der Waals surface area contributed by atoms with Crippen LogP contribution in [0.2, 0.25) is 0 Å². The number of allylic oxidation sites excluding steroid dienone is 2. The van der Waals surface area contributed by atoms with Crippen LogP contribution in [0.15, 0.2) is 89.0 Å². The van der Waals surface area contributed by atoms with Gasteiger partial charge in [0.15, 0.2) is 0 Å². The van der Waals surface area contributed by atoms with Crippen LogP contribution in [0.25, 0.3) is 11.1 Å². The Morgan fingerprint density at radius 2 is 1.81 bits per heavy atom. The minimum Gasteiger partial charge on any atom is -0.440 e. The molecule has 1 heterocycles. The van der Waals surface area contributed by atoms with Gasteiger partial charge in [-0.05, 0) is 49.4 Å². The first-order valence-corrected chi connectivity index (χ1v) is 8.28. The fraction of sp³-hybridized carbons (Fsp3) is 0.0476. The van der Waals surface area contributed by atoms with Crippen LogP contribution in [0.5, 0.6) is 5.75 Å². The van der Waals surface area contributed by atoms with E-state index in [-0.39, 0.29) is 17.3 Å². The Kier molecular flexibility index (Phi) is 5.47. The first-order valence-electron chi connectivity index (χ1n) is 8.28. The number of rotatable bonds is 6. The topological polar surface area (TPSA) is 70.2 Å². The van der Waals surface area contributed by atoms with Crippen LogP contribution in [0, 0.1) is 5.82 Å². The van der Waals surface area contributed by atoms with E-state index in [1.54, 1.807) is 36.4 Å². The summed E-state index contributed by atoms with van der Waals surface area (Å²) >= 11 is 0. The number of hydrogen-bond donors (Lipinski definition) is 2. The Hall–Kier alpha value is -3.67. The van der Waals surface area contributed by atoms with E-state index in [2.05, 4.69) is 21.8 Å². The smallest absolute Gasteiger partial charge is 0.272 e. The molecule has 0 atom stereocenters. The molecule has 27 heavy (non-hydrogen) atoms. The molecular weight excluding hydrogens is 345 g/mol. The maximum Gasteiger partial charge on any atom is 0.272 e. The molecule has 0 saturated heterocycles. The highest BCUT2D eigenvalue weighted by atomic mass is 19.1. The lowest BCUT2D eigenvalue weighted by Gasteiger charge is -2.07. The van der Waals surface area contributed by atoms with Gasteiger partial charge in [0.25, 0.3) is 5.56 Å². The molecule has 0 unspecified atom stereocenters. The van der Waals surface area contributed by atoms with Crippen LogP contribution in [-0.2, 0) is 0 Å². The van der Waals surface area contributed by atoms with E-state index in [0.29, 0.717) is 28.3 Å². The summed E-state index contributed by atoms with van der Waals surface area (Å²) < 4.78 is 18.8. The average molecular weight is 363 g/mol. The van der Waals surface area contributed by atoms with Gasteiger partial charge < -0.3 is 4.74 Å². The summed E-state index contributed by atoms with van der Waals surface area (Å²) in [5.74, 6) is 0.396. The van der Waals surface area contributed by atoms with Crippen molar-refractivity contribution in [3.05, 3.63) is 101 Å². The third-order valence-electron chi connectivity index (χ3n) is 3.72. The van der Waals surface area contributed by atoms with Crippen molar-refractivity contribution >= 4 is 5.71 Å². The summed E-state index contributed by atoms with van der Waals surface area (Å²) in [6, 6.07) is 14.8. The van der Waals surface area contributed by atoms with Crippen LogP contribution in [0.4, 0.5) is 4.39 Å². The molecule has 0 radical (unpaired) electrons. The molecule has 0 aliphatic carbocycles. The first-order chi connectivity index (χ1) is 13.1. The van der Waals surface area contributed by atoms with Gasteiger partial charge in [0.05, 0.1) is 17.0 Å². The normalized spacial score (nSPS) is 11.7. The van der Waals surface area contributed by atoms with Crippen molar-refractivity contribution in [2.45, 2.75) is 6.92 Å². The van der Waals surface area contributed by atoms with E-state index in [9.17, 15) is 9.18 Å². The summed E-state index contributed by atoms with van der Waals surface area (Å²) in [5, 5.41) is 5.38. The molecule has 6 heteroatoms. The molecule has 0 spiro atoms. The van der Waals surface area contributed by atoms with E-state index in [0.717, 1.165) is 0 Å². The molecule has 0 fully saturated rings. The number of aromatic amines is 2. The van der Waals surface area contributed by atoms with E-state index >= 15 is 0 Å². The fourth-order valence-corrected chi connectivity index (χ4v) is 2.56. The first kappa shape index (κ1) is 18.1. The molecule has 2 N–H and O–H groups in total. The van der Waals surface area contributed by atoms with Crippen LogP contribution in [-0.4, -0.2) is 15.9 Å². The monoisotopic (exact) mass is 363 g/mol. The van der Waals surface area contributed by atoms with Crippen molar-refractivity contribution in [3.63, 3.8) is 0 Å². The highest BCUT2D eigenvalue weighted by molar-refractivity contribution is 6.11. The maximum atomic E-state index is 13.2. The number of nitrogens with zero attached hydrogens (tertiary/aromatic N) is 1. The second-order valence-electron chi connectivity index (χ2n) is 5.64. The minimum absolute atomic E-state index is 0.168. The molecule has 0 bridgehead atoms. The zero-order valence-electron chi connectivity index (χ0n) is 14.7. The second-order valence-corrected chi connectivity index (χ2v) is 5.64. The van der Waals surface area contributed by atoms with Gasteiger partial charge in [-0.2, -0.15) is 0 Å². The highest BCUT2D eigenvalue weighted by Gasteiger charge is 2.16. The van der Waals surface area contributed by atoms with Gasteiger partial charge in [0.2, 0.25) is 5.88 Å². The lowest BCUT2D eigenvalue weighted by Crippen LogP contribution is -2.06. The van der Waals surface area contributed by atoms with Gasteiger partial charge in [0, 0.05) is 0 Å². The number of hydrogen-bond acceptors (Lipinski definition) is 3. The molecule has 1 aromatic heterocycles. The number of ether oxygens (including phenoxy) is 1. The van der Waals surface area contributed by atoms with Crippen molar-refractivity contribution in [1.29, 1.82) is 0 Å². The summed E-state index contributed by atoms with van der Waals surface area (Å²) in [6.45, 7) is 5.65. The number of nitrogens with one attached hydrogen (secondary N) is 2. The molecule has 136 valence electrons. The van der Waals surface area contributed by atoms with Crippen LogP contribution >= 0.6 is 0 Å². The zero-order valence-corrected chi connectivity index (χ0v) is 14.7. The quantitative estimate of drug-likeness (QED) is 0.503. The van der Waals surface area contributed by atoms with Gasteiger partial charge in [-0.25, -0.2) is 9.38 Å². The molecule has 5 nitrogen and oxygen atoms in total. The van der Waals surface area contributed by atoms with Crippen molar-refractivity contribution < 1.29 is 9.13 Å². The van der Waals surface area contributed by atoms with Crippen LogP contribution in [0.3, 0.4) is 0 Å². The lowest BCUT2D eigenvalue weighted by atomic mass is 10.0. The average Bonchev–Trinajstić information content (AvgIpc) is 3.04. The molecule has 2 aromatic carbocycles. The van der Waals surface area contributed by atoms with Gasteiger partial charge >= 0.3 is 0 Å². The number of aliphatic imine (C=N–C) groups is 1. The summed E-state index contributed by atoms with van der Waals surface area (Å²) in [7, 11) is 0. The Balaban J connectivity index is 2.00. The van der Waals surface area contributed by atoms with E-state index in [1.165, 1.54) is 12.1 Å². The third kappa shape index (κ3) is 4.30. The van der Waals surface area contributed by atoms with E-state index in [4.69, 9.17) is 4.74 Å². The van der Waals surface area contributed by atoms with Gasteiger partial charge in [0.1, 0.15) is 11.6 Å². The van der Waals surface area contributed by atoms with Gasteiger partial charge in [-0.1, -0.05) is 36.4 Å². The van der Waals surface area contributed by atoms with Crippen molar-refractivity contribution in [2.24, 2.45) is 4.99 Å². The van der Waals surface area contributed by atoms with Crippen LogP contribution in [0.1, 0.15) is 12.6 Å². The van der Waals surface area contributed by atoms with Crippen molar-refractivity contribution in [2.75, 3.05) is 0 Å². The molecule has 0 aliphatic heterocycles. The third-order valence-corrected chi connectivity index (χ3v) is 3.72. The predicted molar refractivity (Wildman–Crippen MR) is 104 cm³/mol. The van der Waals surface area contributed by atoms with Crippen molar-refractivity contribution in [3.8, 4) is 16.9 Å². The maximum absolute atomic E-state index is 13.2. The Morgan fingerprint density at radius 1 is 1.11 bits per heavy atom. The van der Waals surface area contributed by atoms with Crippen LogP contribution < -0.4 is 10.3 Å². The molecule has 0 saturated carbocycles. The largest absolute Gasteiger partial charge is 0.440 e. The van der Waals surface area contributed by atoms with Crippen molar-refractivity contribution in [1.82, 2.24) is 10.2 Å². The fourth-order valence-electron chi connectivity index (χ4n) is 2.56. The Labute approximate surface area is 155 Å². The molecule has 0 amide bonds. The van der Waals surface area contributed by atoms with E-state index < -0.39 is 0 Å². The summed E-state index contributed by atoms with van der Waals surface area (Å²) in [5.41, 5.74) is 1.52. The lowest BCUT2D eigenvalue weighted by molar-refractivity contribution is 0.424. The molecule has 3 rings (SSSR count). The molecular formula is C21H18FN3O2. The van der Waals surface area contributed by atoms with Gasteiger partial charge in [-0.15, -0.1) is 0 Å². The number of H-pyrrole nitrogens is 2. The second kappa shape index (κ2) is 8.14. The number of para-hydroxylation sites is 1. The van der Waals surface area contributed by atoms with E-state index in [1.807, 2.05) is 25.1 Å².